The molecular formula is C17H23ClN2O3. The fourth-order valence-electron chi connectivity index (χ4n) is 3.01. The summed E-state index contributed by atoms with van der Waals surface area (Å²) in [5, 5.41) is 3.59. The van der Waals surface area contributed by atoms with Crippen LogP contribution in [-0.2, 0) is 16.1 Å². The zero-order valence-electron chi connectivity index (χ0n) is 13.8. The summed E-state index contributed by atoms with van der Waals surface area (Å²) < 4.78 is 5.40. The number of rotatable bonds is 4. The lowest BCUT2D eigenvalue weighted by molar-refractivity contribution is -0.134. The Kier molecular flexibility index (Phi) is 5.88. The smallest absolute Gasteiger partial charge is 0.223 e. The molecule has 1 saturated heterocycles. The molecule has 1 aliphatic rings. The van der Waals surface area contributed by atoms with Crippen molar-refractivity contribution >= 4 is 23.4 Å². The first-order valence-electron chi connectivity index (χ1n) is 7.78. The second-order valence-corrected chi connectivity index (χ2v) is 6.35. The lowest BCUT2D eigenvalue weighted by Crippen LogP contribution is -2.42. The third-order valence-electron chi connectivity index (χ3n) is 4.28. The van der Waals surface area contributed by atoms with Crippen molar-refractivity contribution < 1.29 is 14.3 Å². The zero-order valence-corrected chi connectivity index (χ0v) is 14.6. The van der Waals surface area contributed by atoms with Crippen molar-refractivity contribution in [1.82, 2.24) is 10.2 Å². The van der Waals surface area contributed by atoms with Crippen molar-refractivity contribution in [1.29, 1.82) is 0 Å². The van der Waals surface area contributed by atoms with E-state index in [4.69, 9.17) is 16.3 Å². The monoisotopic (exact) mass is 338 g/mol. The highest BCUT2D eigenvalue weighted by Crippen LogP contribution is 2.27. The van der Waals surface area contributed by atoms with Crippen LogP contribution < -0.4 is 10.1 Å². The van der Waals surface area contributed by atoms with Crippen molar-refractivity contribution in [2.75, 3.05) is 20.2 Å². The molecule has 1 fully saturated rings. The number of hydrogen-bond donors (Lipinski definition) is 1. The van der Waals surface area contributed by atoms with Crippen LogP contribution in [0.15, 0.2) is 12.1 Å². The summed E-state index contributed by atoms with van der Waals surface area (Å²) in [6.45, 7) is 5.16. The molecule has 0 spiro atoms. The number of hydrogen-bond acceptors (Lipinski definition) is 3. The van der Waals surface area contributed by atoms with Crippen LogP contribution in [0.3, 0.4) is 0 Å². The van der Waals surface area contributed by atoms with Gasteiger partial charge in [-0.05, 0) is 37.5 Å². The van der Waals surface area contributed by atoms with E-state index in [1.165, 1.54) is 0 Å². The third-order valence-corrected chi connectivity index (χ3v) is 4.50. The minimum Gasteiger partial charge on any atom is -0.496 e. The van der Waals surface area contributed by atoms with Crippen LogP contribution in [0, 0.1) is 12.8 Å². The quantitative estimate of drug-likeness (QED) is 0.917. The minimum atomic E-state index is -0.0446. The number of benzene rings is 1. The number of amides is 2. The topological polar surface area (TPSA) is 58.6 Å². The van der Waals surface area contributed by atoms with E-state index in [2.05, 4.69) is 5.32 Å². The summed E-state index contributed by atoms with van der Waals surface area (Å²) in [5.74, 6) is 0.800. The van der Waals surface area contributed by atoms with Crippen LogP contribution in [-0.4, -0.2) is 36.9 Å². The Balaban J connectivity index is 1.94. The summed E-state index contributed by atoms with van der Waals surface area (Å²) in [7, 11) is 1.61. The largest absolute Gasteiger partial charge is 0.496 e. The Labute approximate surface area is 141 Å². The molecule has 1 aromatic carbocycles. The normalized spacial score (nSPS) is 15.4. The van der Waals surface area contributed by atoms with Crippen molar-refractivity contribution in [2.45, 2.75) is 33.2 Å². The van der Waals surface area contributed by atoms with Gasteiger partial charge in [0.15, 0.2) is 0 Å². The van der Waals surface area contributed by atoms with Crippen molar-refractivity contribution in [2.24, 2.45) is 5.92 Å². The van der Waals surface area contributed by atoms with Crippen LogP contribution in [0.4, 0.5) is 0 Å². The predicted octanol–water partition coefficient (Wildman–Crippen LogP) is 2.53. The molecule has 0 aliphatic carbocycles. The highest BCUT2D eigenvalue weighted by molar-refractivity contribution is 6.30. The Morgan fingerprint density at radius 1 is 1.35 bits per heavy atom. The van der Waals surface area contributed by atoms with E-state index in [0.29, 0.717) is 37.5 Å². The molecule has 2 amide bonds. The van der Waals surface area contributed by atoms with Crippen LogP contribution in [0.25, 0.3) is 0 Å². The first kappa shape index (κ1) is 17.6. The molecule has 0 bridgehead atoms. The molecule has 1 aliphatic heterocycles. The predicted molar refractivity (Wildman–Crippen MR) is 89.6 cm³/mol. The van der Waals surface area contributed by atoms with Gasteiger partial charge in [-0.2, -0.15) is 0 Å². The Bertz CT molecular complexity index is 596. The Morgan fingerprint density at radius 3 is 2.57 bits per heavy atom. The van der Waals surface area contributed by atoms with E-state index in [1.807, 2.05) is 19.1 Å². The van der Waals surface area contributed by atoms with Gasteiger partial charge in [0, 0.05) is 43.1 Å². The summed E-state index contributed by atoms with van der Waals surface area (Å²) >= 11 is 6.08. The van der Waals surface area contributed by atoms with E-state index < -0.39 is 0 Å². The van der Waals surface area contributed by atoms with Gasteiger partial charge in [-0.1, -0.05) is 11.6 Å². The highest BCUT2D eigenvalue weighted by Gasteiger charge is 2.26. The Hall–Kier alpha value is -1.75. The summed E-state index contributed by atoms with van der Waals surface area (Å²) in [4.78, 5) is 25.4. The van der Waals surface area contributed by atoms with E-state index in [-0.39, 0.29) is 17.7 Å². The average Bonchev–Trinajstić information content (AvgIpc) is 2.52. The number of piperidine rings is 1. The van der Waals surface area contributed by atoms with Crippen molar-refractivity contribution in [3.05, 3.63) is 28.3 Å². The summed E-state index contributed by atoms with van der Waals surface area (Å²) in [6, 6.07) is 3.65. The molecule has 23 heavy (non-hydrogen) atoms. The van der Waals surface area contributed by atoms with Gasteiger partial charge in [0.25, 0.3) is 0 Å². The number of carbonyl (C=O) groups is 2. The molecular weight excluding hydrogens is 316 g/mol. The van der Waals surface area contributed by atoms with Gasteiger partial charge < -0.3 is 15.0 Å². The highest BCUT2D eigenvalue weighted by atomic mass is 35.5. The van der Waals surface area contributed by atoms with Gasteiger partial charge in [0.05, 0.1) is 7.11 Å². The van der Waals surface area contributed by atoms with Gasteiger partial charge in [-0.3, -0.25) is 9.59 Å². The number of methoxy groups -OCH3 is 1. The van der Waals surface area contributed by atoms with Crippen LogP contribution in [0.1, 0.15) is 30.9 Å². The van der Waals surface area contributed by atoms with E-state index >= 15 is 0 Å². The van der Waals surface area contributed by atoms with Crippen LogP contribution in [0.2, 0.25) is 5.02 Å². The van der Waals surface area contributed by atoms with Gasteiger partial charge in [0.1, 0.15) is 5.75 Å². The first-order chi connectivity index (χ1) is 10.9. The number of halogens is 1. The number of nitrogens with one attached hydrogen (secondary N) is 1. The molecule has 0 atom stereocenters. The second kappa shape index (κ2) is 7.68. The summed E-state index contributed by atoms with van der Waals surface area (Å²) in [6.07, 6.45) is 1.41. The SMILES string of the molecule is COc1c(C)cc(Cl)cc1CNC(=O)C1CCN(C(C)=O)CC1. The molecule has 0 aromatic heterocycles. The molecule has 0 saturated carbocycles. The summed E-state index contributed by atoms with van der Waals surface area (Å²) in [5.41, 5.74) is 1.81. The van der Waals surface area contributed by atoms with E-state index in [1.54, 1.807) is 18.9 Å². The number of aryl methyl sites for hydroxylation is 1. The molecule has 0 radical (unpaired) electrons. The molecule has 126 valence electrons. The maximum atomic E-state index is 12.3. The van der Waals surface area contributed by atoms with Gasteiger partial charge in [0.2, 0.25) is 11.8 Å². The molecule has 5 nitrogen and oxygen atoms in total. The molecule has 1 N–H and O–H groups in total. The number of carbonyl (C=O) groups excluding carboxylic acids is 2. The molecule has 6 heteroatoms. The second-order valence-electron chi connectivity index (χ2n) is 5.91. The van der Waals surface area contributed by atoms with Crippen LogP contribution >= 0.6 is 11.6 Å². The van der Waals surface area contributed by atoms with Gasteiger partial charge in [-0.15, -0.1) is 0 Å². The van der Waals surface area contributed by atoms with Crippen LogP contribution in [0.5, 0.6) is 5.75 Å². The molecule has 0 unspecified atom stereocenters. The third kappa shape index (κ3) is 4.38. The average molecular weight is 339 g/mol. The lowest BCUT2D eigenvalue weighted by Gasteiger charge is -2.30. The standard InChI is InChI=1S/C17H23ClN2O3/c1-11-8-15(18)9-14(16(11)23-3)10-19-17(22)13-4-6-20(7-5-13)12(2)21/h8-9,13H,4-7,10H2,1-3H3,(H,19,22). The maximum absolute atomic E-state index is 12.3. The molecule has 2 rings (SSSR count). The zero-order chi connectivity index (χ0) is 17.0. The van der Waals surface area contributed by atoms with E-state index in [9.17, 15) is 9.59 Å². The van der Waals surface area contributed by atoms with Crippen molar-refractivity contribution in [3.63, 3.8) is 0 Å². The minimum absolute atomic E-state index is 0.0212. The fourth-order valence-corrected chi connectivity index (χ4v) is 3.30. The maximum Gasteiger partial charge on any atom is 0.223 e. The number of ether oxygens (including phenoxy) is 1. The van der Waals surface area contributed by atoms with Crippen molar-refractivity contribution in [3.8, 4) is 5.75 Å². The van der Waals surface area contributed by atoms with Gasteiger partial charge in [-0.25, -0.2) is 0 Å². The molecule has 1 aromatic rings. The molecule has 1 heterocycles. The lowest BCUT2D eigenvalue weighted by atomic mass is 9.95. The fraction of sp³-hybridized carbons (Fsp3) is 0.529. The Morgan fingerprint density at radius 2 is 2.00 bits per heavy atom. The van der Waals surface area contributed by atoms with Gasteiger partial charge >= 0.3 is 0 Å². The first-order valence-corrected chi connectivity index (χ1v) is 8.16. The number of nitrogens with zero attached hydrogens (tertiary/aromatic N) is 1. The van der Waals surface area contributed by atoms with E-state index in [0.717, 1.165) is 16.9 Å². The number of likely N-dealkylation sites (tertiary alicyclic amines) is 1.